The molecular formula is C7H8ClN2. The molecule has 0 spiro atoms. The molecule has 0 aromatic carbocycles. The van der Waals surface area contributed by atoms with E-state index in [2.05, 4.69) is 10.3 Å². The Morgan fingerprint density at radius 2 is 2.50 bits per heavy atom. The summed E-state index contributed by atoms with van der Waals surface area (Å²) in [5.74, 6) is 0. The fourth-order valence-corrected chi connectivity index (χ4v) is 0.811. The Bertz CT molecular complexity index is 213. The highest BCUT2D eigenvalue weighted by atomic mass is 35.5. The molecule has 0 saturated carbocycles. The van der Waals surface area contributed by atoms with Gasteiger partial charge in [0.25, 0.3) is 0 Å². The molecule has 1 rings (SSSR count). The lowest BCUT2D eigenvalue weighted by atomic mass is 10.3. The van der Waals surface area contributed by atoms with Crippen LogP contribution in [-0.4, -0.2) is 12.0 Å². The normalized spacial score (nSPS) is 9.80. The summed E-state index contributed by atoms with van der Waals surface area (Å²) in [6.45, 7) is 1.80. The number of pyridine rings is 1. The summed E-state index contributed by atoms with van der Waals surface area (Å²) in [7, 11) is 1.82. The summed E-state index contributed by atoms with van der Waals surface area (Å²) in [5.41, 5.74) is 0.909. The Hall–Kier alpha value is -0.600. The lowest BCUT2D eigenvalue weighted by Crippen LogP contribution is -2.02. The Morgan fingerprint density at radius 3 is 3.10 bits per heavy atom. The molecule has 1 N–H and O–H groups in total. The first-order chi connectivity index (χ1) is 4.84. The van der Waals surface area contributed by atoms with Crippen LogP contribution in [0.1, 0.15) is 5.56 Å². The van der Waals surface area contributed by atoms with Gasteiger partial charge in [-0.25, -0.2) is 0 Å². The van der Waals surface area contributed by atoms with Crippen LogP contribution in [0.15, 0.2) is 18.5 Å². The quantitative estimate of drug-likeness (QED) is 0.700. The molecule has 1 aromatic heterocycles. The summed E-state index contributed by atoms with van der Waals surface area (Å²) >= 11 is 5.79. The zero-order chi connectivity index (χ0) is 7.40. The summed E-state index contributed by atoms with van der Waals surface area (Å²) in [6.07, 6.45) is 3.37. The number of hydrogen-bond acceptors (Lipinski definition) is 2. The van der Waals surface area contributed by atoms with Gasteiger partial charge in [-0.05, 0) is 13.1 Å². The van der Waals surface area contributed by atoms with E-state index in [1.807, 2.05) is 7.05 Å². The minimum Gasteiger partial charge on any atom is -0.311 e. The van der Waals surface area contributed by atoms with Crippen molar-refractivity contribution in [2.75, 3.05) is 7.05 Å². The Balaban J connectivity index is 2.81. The van der Waals surface area contributed by atoms with E-state index < -0.39 is 0 Å². The van der Waals surface area contributed by atoms with E-state index in [4.69, 9.17) is 11.6 Å². The number of aromatic nitrogens is 1. The van der Waals surface area contributed by atoms with Gasteiger partial charge in [0.1, 0.15) is 0 Å². The zero-order valence-corrected chi connectivity index (χ0v) is 6.39. The largest absolute Gasteiger partial charge is 0.311 e. The smallest absolute Gasteiger partial charge is 0.0547 e. The number of rotatable bonds is 2. The Labute approximate surface area is 65.2 Å². The molecule has 1 aromatic rings. The van der Waals surface area contributed by atoms with Gasteiger partial charge in [-0.2, -0.15) is 0 Å². The monoisotopic (exact) mass is 155 g/mol. The SMILES string of the molecule is CN[CH]c1cnccc1Cl. The van der Waals surface area contributed by atoms with Crippen LogP contribution in [0.2, 0.25) is 5.02 Å². The van der Waals surface area contributed by atoms with Gasteiger partial charge in [-0.1, -0.05) is 11.6 Å². The Morgan fingerprint density at radius 1 is 1.70 bits per heavy atom. The molecule has 53 valence electrons. The van der Waals surface area contributed by atoms with Crippen molar-refractivity contribution in [1.29, 1.82) is 0 Å². The van der Waals surface area contributed by atoms with Crippen LogP contribution in [0.5, 0.6) is 0 Å². The molecule has 0 amide bonds. The average Bonchev–Trinajstić information content (AvgIpc) is 1.94. The van der Waals surface area contributed by atoms with Crippen molar-refractivity contribution in [3.05, 3.63) is 35.6 Å². The van der Waals surface area contributed by atoms with E-state index in [0.29, 0.717) is 5.02 Å². The maximum absolute atomic E-state index is 5.79. The summed E-state index contributed by atoms with van der Waals surface area (Å²) in [5, 5.41) is 3.59. The van der Waals surface area contributed by atoms with Crippen molar-refractivity contribution in [1.82, 2.24) is 10.3 Å². The summed E-state index contributed by atoms with van der Waals surface area (Å²) in [4.78, 5) is 3.91. The van der Waals surface area contributed by atoms with Crippen LogP contribution in [0.3, 0.4) is 0 Å². The maximum atomic E-state index is 5.79. The van der Waals surface area contributed by atoms with Crippen LogP contribution < -0.4 is 5.32 Å². The molecule has 0 aliphatic rings. The minimum atomic E-state index is 0.712. The van der Waals surface area contributed by atoms with E-state index >= 15 is 0 Å². The molecule has 2 nitrogen and oxygen atoms in total. The van der Waals surface area contributed by atoms with Crippen molar-refractivity contribution in [2.24, 2.45) is 0 Å². The van der Waals surface area contributed by atoms with Crippen molar-refractivity contribution in [3.8, 4) is 0 Å². The topological polar surface area (TPSA) is 24.9 Å². The average molecular weight is 156 g/mol. The number of nitrogens with zero attached hydrogens (tertiary/aromatic N) is 1. The molecule has 1 radical (unpaired) electrons. The molecule has 10 heavy (non-hydrogen) atoms. The first-order valence-corrected chi connectivity index (χ1v) is 3.32. The number of hydrogen-bond donors (Lipinski definition) is 1. The van der Waals surface area contributed by atoms with Gasteiger partial charge in [-0.15, -0.1) is 0 Å². The van der Waals surface area contributed by atoms with Gasteiger partial charge >= 0.3 is 0 Å². The second-order valence-electron chi connectivity index (χ2n) is 1.83. The van der Waals surface area contributed by atoms with Gasteiger partial charge in [0, 0.05) is 23.0 Å². The van der Waals surface area contributed by atoms with Gasteiger partial charge in [0.2, 0.25) is 0 Å². The lowest BCUT2D eigenvalue weighted by Gasteiger charge is -1.98. The maximum Gasteiger partial charge on any atom is 0.0547 e. The second kappa shape index (κ2) is 3.54. The predicted molar refractivity (Wildman–Crippen MR) is 41.7 cm³/mol. The molecule has 0 fully saturated rings. The molecule has 0 atom stereocenters. The number of halogens is 1. The van der Waals surface area contributed by atoms with Crippen LogP contribution in [0.25, 0.3) is 0 Å². The van der Waals surface area contributed by atoms with E-state index in [1.54, 1.807) is 25.0 Å². The summed E-state index contributed by atoms with van der Waals surface area (Å²) < 4.78 is 0. The van der Waals surface area contributed by atoms with Crippen LogP contribution >= 0.6 is 11.6 Å². The van der Waals surface area contributed by atoms with Crippen LogP contribution in [0, 0.1) is 6.54 Å². The van der Waals surface area contributed by atoms with Gasteiger partial charge < -0.3 is 5.32 Å². The minimum absolute atomic E-state index is 0.712. The van der Waals surface area contributed by atoms with E-state index in [1.165, 1.54) is 0 Å². The van der Waals surface area contributed by atoms with E-state index in [9.17, 15) is 0 Å². The van der Waals surface area contributed by atoms with Gasteiger partial charge in [0.05, 0.1) is 6.54 Å². The first kappa shape index (κ1) is 7.51. The predicted octanol–water partition coefficient (Wildman–Crippen LogP) is 1.46. The fraction of sp³-hybridized carbons (Fsp3) is 0.143. The third-order valence-electron chi connectivity index (χ3n) is 1.10. The molecule has 3 heteroatoms. The van der Waals surface area contributed by atoms with Crippen LogP contribution in [-0.2, 0) is 0 Å². The standard InChI is InChI=1S/C7H8ClN2/c1-9-4-6-5-10-3-2-7(6)8/h2-5,9H,1H3. The molecule has 0 unspecified atom stereocenters. The van der Waals surface area contributed by atoms with Crippen molar-refractivity contribution in [3.63, 3.8) is 0 Å². The van der Waals surface area contributed by atoms with E-state index in [-0.39, 0.29) is 0 Å². The van der Waals surface area contributed by atoms with Gasteiger partial charge in [-0.3, -0.25) is 4.98 Å². The molecule has 0 bridgehead atoms. The highest BCUT2D eigenvalue weighted by molar-refractivity contribution is 6.31. The molecular weight excluding hydrogens is 148 g/mol. The van der Waals surface area contributed by atoms with Crippen LogP contribution in [0.4, 0.5) is 0 Å². The first-order valence-electron chi connectivity index (χ1n) is 2.94. The zero-order valence-electron chi connectivity index (χ0n) is 5.63. The second-order valence-corrected chi connectivity index (χ2v) is 2.24. The lowest BCUT2D eigenvalue weighted by molar-refractivity contribution is 1.00. The molecule has 0 aliphatic heterocycles. The highest BCUT2D eigenvalue weighted by Gasteiger charge is 1.95. The molecule has 1 heterocycles. The summed E-state index contributed by atoms with van der Waals surface area (Å²) in [6, 6.07) is 1.75. The van der Waals surface area contributed by atoms with Crippen molar-refractivity contribution < 1.29 is 0 Å². The number of nitrogens with one attached hydrogen (secondary N) is 1. The molecule has 0 aliphatic carbocycles. The highest BCUT2D eigenvalue weighted by Crippen LogP contribution is 2.13. The van der Waals surface area contributed by atoms with Crippen molar-refractivity contribution in [2.45, 2.75) is 0 Å². The Kier molecular flexibility index (Phi) is 2.66. The third-order valence-corrected chi connectivity index (χ3v) is 1.44. The third kappa shape index (κ3) is 1.69. The fourth-order valence-electron chi connectivity index (χ4n) is 0.651. The molecule has 0 saturated heterocycles. The van der Waals surface area contributed by atoms with Gasteiger partial charge in [0.15, 0.2) is 0 Å². The van der Waals surface area contributed by atoms with Crippen molar-refractivity contribution >= 4 is 11.6 Å². The van der Waals surface area contributed by atoms with E-state index in [0.717, 1.165) is 5.56 Å².